The molecule has 3 heteroatoms. The average Bonchev–Trinajstić information content (AvgIpc) is 2.70. The second-order valence-corrected chi connectivity index (χ2v) is 6.87. The first kappa shape index (κ1) is 19.0. The van der Waals surface area contributed by atoms with Gasteiger partial charge in [0, 0.05) is 11.9 Å². The molecule has 0 saturated heterocycles. The van der Waals surface area contributed by atoms with E-state index in [1.807, 2.05) is 49.4 Å². The summed E-state index contributed by atoms with van der Waals surface area (Å²) in [6.45, 7) is 4.72. The molecule has 0 bridgehead atoms. The Kier molecular flexibility index (Phi) is 6.48. The molecule has 0 saturated carbocycles. The Hall–Kier alpha value is -2.81. The maximum atomic E-state index is 12.5. The van der Waals surface area contributed by atoms with Gasteiger partial charge in [-0.05, 0) is 43.2 Å². The Balaban J connectivity index is 1.53. The summed E-state index contributed by atoms with van der Waals surface area (Å²) < 4.78 is 6.06. The van der Waals surface area contributed by atoms with Gasteiger partial charge in [-0.3, -0.25) is 4.79 Å². The second kappa shape index (κ2) is 9.22. The molecule has 3 nitrogen and oxygen atoms in total. The van der Waals surface area contributed by atoms with Gasteiger partial charge in [-0.15, -0.1) is 0 Å². The molecule has 3 rings (SSSR count). The van der Waals surface area contributed by atoms with Gasteiger partial charge in [0.2, 0.25) is 0 Å². The third kappa shape index (κ3) is 5.10. The van der Waals surface area contributed by atoms with Crippen molar-refractivity contribution in [3.63, 3.8) is 0 Å². The summed E-state index contributed by atoms with van der Waals surface area (Å²) >= 11 is 0. The summed E-state index contributed by atoms with van der Waals surface area (Å²) in [4.78, 5) is 12.5. The van der Waals surface area contributed by atoms with E-state index in [4.69, 9.17) is 4.74 Å². The van der Waals surface area contributed by atoms with E-state index in [-0.39, 0.29) is 5.91 Å². The van der Waals surface area contributed by atoms with E-state index < -0.39 is 6.10 Å². The second-order valence-electron chi connectivity index (χ2n) is 6.87. The molecule has 0 aliphatic rings. The molecule has 1 amide bonds. The summed E-state index contributed by atoms with van der Waals surface area (Å²) in [7, 11) is 0. The van der Waals surface area contributed by atoms with Gasteiger partial charge in [0.25, 0.3) is 5.91 Å². The van der Waals surface area contributed by atoms with E-state index in [2.05, 4.69) is 36.5 Å². The van der Waals surface area contributed by atoms with Gasteiger partial charge >= 0.3 is 0 Å². The van der Waals surface area contributed by atoms with E-state index >= 15 is 0 Å². The zero-order chi connectivity index (χ0) is 19.1. The lowest BCUT2D eigenvalue weighted by atomic mass is 10.1. The highest BCUT2D eigenvalue weighted by molar-refractivity contribution is 5.89. The molecule has 0 heterocycles. The maximum Gasteiger partial charge on any atom is 0.261 e. The zero-order valence-electron chi connectivity index (χ0n) is 16.1. The van der Waals surface area contributed by atoms with Gasteiger partial charge in [0.15, 0.2) is 6.10 Å². The van der Waals surface area contributed by atoms with Crippen molar-refractivity contribution >= 4 is 16.7 Å². The van der Waals surface area contributed by atoms with Crippen LogP contribution in [0.5, 0.6) is 5.75 Å². The number of amides is 1. The third-order valence-electron chi connectivity index (χ3n) is 4.74. The summed E-state index contributed by atoms with van der Waals surface area (Å²) in [5.41, 5.74) is 2.57. The van der Waals surface area contributed by atoms with Crippen molar-refractivity contribution in [2.24, 2.45) is 0 Å². The van der Waals surface area contributed by atoms with Crippen LogP contribution < -0.4 is 10.1 Å². The summed E-state index contributed by atoms with van der Waals surface area (Å²) in [6.07, 6.45) is 2.03. The molecule has 0 aromatic heterocycles. The fourth-order valence-corrected chi connectivity index (χ4v) is 3.15. The summed E-state index contributed by atoms with van der Waals surface area (Å²) in [5, 5.41) is 5.17. The number of benzene rings is 3. The van der Waals surface area contributed by atoms with E-state index in [0.717, 1.165) is 29.4 Å². The van der Waals surface area contributed by atoms with Gasteiger partial charge in [-0.2, -0.15) is 0 Å². The van der Waals surface area contributed by atoms with Crippen LogP contribution in [0.15, 0.2) is 66.7 Å². The molecule has 27 heavy (non-hydrogen) atoms. The van der Waals surface area contributed by atoms with E-state index in [1.165, 1.54) is 11.1 Å². The molecule has 0 fully saturated rings. The predicted octanol–water partition coefficient (Wildman–Crippen LogP) is 5.05. The molecule has 1 unspecified atom stereocenters. The number of carbonyl (C=O) groups excluding carboxylic acids is 1. The van der Waals surface area contributed by atoms with E-state index in [9.17, 15) is 4.79 Å². The molecule has 0 aliphatic carbocycles. The van der Waals surface area contributed by atoms with Crippen LogP contribution >= 0.6 is 0 Å². The number of hydrogen-bond donors (Lipinski definition) is 1. The van der Waals surface area contributed by atoms with Crippen molar-refractivity contribution in [2.45, 2.75) is 39.2 Å². The Morgan fingerprint density at radius 3 is 2.52 bits per heavy atom. The number of carbonyl (C=O) groups is 1. The minimum atomic E-state index is -0.477. The Labute approximate surface area is 161 Å². The Morgan fingerprint density at radius 2 is 1.74 bits per heavy atom. The monoisotopic (exact) mass is 361 g/mol. The molecule has 3 aromatic carbocycles. The van der Waals surface area contributed by atoms with Crippen molar-refractivity contribution in [3.05, 3.63) is 77.9 Å². The lowest BCUT2D eigenvalue weighted by Gasteiger charge is -2.18. The average molecular weight is 361 g/mol. The van der Waals surface area contributed by atoms with Gasteiger partial charge in [-0.1, -0.05) is 73.2 Å². The number of nitrogens with one attached hydrogen (secondary N) is 1. The van der Waals surface area contributed by atoms with Crippen molar-refractivity contribution < 1.29 is 9.53 Å². The van der Waals surface area contributed by atoms with Crippen LogP contribution in [-0.2, 0) is 11.2 Å². The first-order chi connectivity index (χ1) is 13.2. The Bertz CT molecular complexity index is 881. The van der Waals surface area contributed by atoms with Crippen molar-refractivity contribution in [3.8, 4) is 5.75 Å². The minimum absolute atomic E-state index is 0.0469. The maximum absolute atomic E-state index is 12.5. The Morgan fingerprint density at radius 1 is 1.00 bits per heavy atom. The van der Waals surface area contributed by atoms with Crippen LogP contribution in [0, 0.1) is 6.92 Å². The van der Waals surface area contributed by atoms with Crippen molar-refractivity contribution in [1.29, 1.82) is 0 Å². The normalized spacial score (nSPS) is 11.9. The number of fused-ring (bicyclic) bond motifs is 1. The van der Waals surface area contributed by atoms with Crippen LogP contribution in [0.4, 0.5) is 0 Å². The van der Waals surface area contributed by atoms with Crippen molar-refractivity contribution in [1.82, 2.24) is 5.32 Å². The minimum Gasteiger partial charge on any atom is -0.480 e. The van der Waals surface area contributed by atoms with Crippen LogP contribution in [0.1, 0.15) is 30.9 Å². The fraction of sp³-hybridized carbons (Fsp3) is 0.292. The number of hydrogen-bond acceptors (Lipinski definition) is 2. The zero-order valence-corrected chi connectivity index (χ0v) is 16.1. The first-order valence-electron chi connectivity index (χ1n) is 9.65. The van der Waals surface area contributed by atoms with Gasteiger partial charge in [-0.25, -0.2) is 0 Å². The molecule has 140 valence electrons. The first-order valence-corrected chi connectivity index (χ1v) is 9.65. The highest BCUT2D eigenvalue weighted by Gasteiger charge is 2.18. The number of rotatable bonds is 8. The van der Waals surface area contributed by atoms with Crippen LogP contribution in [0.25, 0.3) is 10.8 Å². The van der Waals surface area contributed by atoms with Crippen molar-refractivity contribution in [2.75, 3.05) is 6.54 Å². The molecule has 1 N–H and O–H groups in total. The quantitative estimate of drug-likeness (QED) is 0.570. The topological polar surface area (TPSA) is 38.3 Å². The largest absolute Gasteiger partial charge is 0.480 e. The van der Waals surface area contributed by atoms with Crippen LogP contribution in [0.3, 0.4) is 0 Å². The molecule has 0 aliphatic heterocycles. The summed E-state index contributed by atoms with van der Waals surface area (Å²) in [5.74, 6) is 0.712. The smallest absolute Gasteiger partial charge is 0.261 e. The predicted molar refractivity (Wildman–Crippen MR) is 111 cm³/mol. The third-order valence-corrected chi connectivity index (χ3v) is 4.74. The van der Waals surface area contributed by atoms with Crippen LogP contribution in [-0.4, -0.2) is 18.6 Å². The SMILES string of the molecule is CCC(Oc1cccc2ccccc12)C(=O)NCCCc1ccc(C)cc1. The lowest BCUT2D eigenvalue weighted by Crippen LogP contribution is -2.38. The van der Waals surface area contributed by atoms with Crippen LogP contribution in [0.2, 0.25) is 0 Å². The fourth-order valence-electron chi connectivity index (χ4n) is 3.15. The molecule has 0 spiro atoms. The van der Waals surface area contributed by atoms with E-state index in [0.29, 0.717) is 13.0 Å². The standard InChI is InChI=1S/C24H27NO2/c1-3-22(27-23-12-6-10-20-9-4-5-11-21(20)23)24(26)25-17-7-8-19-15-13-18(2)14-16-19/h4-6,9-16,22H,3,7-8,17H2,1-2H3,(H,25,26). The highest BCUT2D eigenvalue weighted by Crippen LogP contribution is 2.26. The van der Waals surface area contributed by atoms with Gasteiger partial charge in [0.05, 0.1) is 0 Å². The number of aryl methyl sites for hydroxylation is 2. The molecule has 1 atom stereocenters. The van der Waals surface area contributed by atoms with Gasteiger partial charge in [0.1, 0.15) is 5.75 Å². The molecule has 0 radical (unpaired) electrons. The number of ether oxygens (including phenoxy) is 1. The lowest BCUT2D eigenvalue weighted by molar-refractivity contribution is -0.128. The highest BCUT2D eigenvalue weighted by atomic mass is 16.5. The van der Waals surface area contributed by atoms with Gasteiger partial charge < -0.3 is 10.1 Å². The van der Waals surface area contributed by atoms with E-state index in [1.54, 1.807) is 0 Å². The molecular weight excluding hydrogens is 334 g/mol. The molecule has 3 aromatic rings. The summed E-state index contributed by atoms with van der Waals surface area (Å²) in [6, 6.07) is 22.5. The molecular formula is C24H27NO2.